The zero-order chi connectivity index (χ0) is 10.5. The molecule has 1 aliphatic carbocycles. The van der Waals surface area contributed by atoms with Crippen LogP contribution in [0.2, 0.25) is 0 Å². The Kier molecular flexibility index (Phi) is 3.61. The van der Waals surface area contributed by atoms with E-state index >= 15 is 0 Å². The molecular weight excluding hydrogens is 190 g/mol. The van der Waals surface area contributed by atoms with Crippen molar-refractivity contribution in [2.45, 2.75) is 38.8 Å². The minimum atomic E-state index is 0.730. The van der Waals surface area contributed by atoms with Crippen molar-refractivity contribution in [3.05, 3.63) is 12.4 Å². The molecule has 0 unspecified atom stereocenters. The molecule has 0 saturated heterocycles. The highest BCUT2D eigenvalue weighted by atomic mass is 16.5. The average Bonchev–Trinajstić information content (AvgIpc) is 2.95. The van der Waals surface area contributed by atoms with Gasteiger partial charge in [0.05, 0.1) is 12.4 Å². The van der Waals surface area contributed by atoms with Gasteiger partial charge in [-0.3, -0.25) is 4.68 Å². The Balaban J connectivity index is 1.63. The first kappa shape index (κ1) is 10.5. The third-order valence-electron chi connectivity index (χ3n) is 2.44. The van der Waals surface area contributed by atoms with Crippen molar-refractivity contribution in [2.75, 3.05) is 13.2 Å². The van der Waals surface area contributed by atoms with Crippen LogP contribution in [0.5, 0.6) is 5.75 Å². The molecule has 1 heterocycles. The number of aryl methyl sites for hydroxylation is 1. The minimum Gasteiger partial charge on any atom is -0.489 e. The first-order valence-electron chi connectivity index (χ1n) is 5.77. The number of hydrogen-bond donors (Lipinski definition) is 1. The van der Waals surface area contributed by atoms with Gasteiger partial charge in [0.2, 0.25) is 0 Å². The predicted octanol–water partition coefficient (Wildman–Crippen LogP) is 1.42. The Bertz CT molecular complexity index is 294. The molecule has 0 spiro atoms. The molecule has 0 atom stereocenters. The van der Waals surface area contributed by atoms with Crippen LogP contribution in [0.15, 0.2) is 12.4 Å². The highest BCUT2D eigenvalue weighted by molar-refractivity contribution is 5.11. The summed E-state index contributed by atoms with van der Waals surface area (Å²) < 4.78 is 7.49. The number of hydrogen-bond acceptors (Lipinski definition) is 3. The van der Waals surface area contributed by atoms with Crippen LogP contribution < -0.4 is 10.1 Å². The Hall–Kier alpha value is -1.03. The van der Waals surface area contributed by atoms with E-state index in [4.69, 9.17) is 4.74 Å². The molecule has 0 aliphatic heterocycles. The summed E-state index contributed by atoms with van der Waals surface area (Å²) in [5.41, 5.74) is 0. The summed E-state index contributed by atoms with van der Waals surface area (Å²) in [6.45, 7) is 4.77. The molecule has 15 heavy (non-hydrogen) atoms. The second-order valence-electron chi connectivity index (χ2n) is 4.02. The molecule has 1 aromatic rings. The van der Waals surface area contributed by atoms with Gasteiger partial charge in [-0.15, -0.1) is 0 Å². The standard InChI is InChI=1S/C11H19N3O/c1-2-6-14-9-11(8-13-14)15-7-5-12-10-3-4-10/h8-10,12H,2-7H2,1H3. The molecule has 2 rings (SSSR count). The van der Waals surface area contributed by atoms with Crippen LogP contribution >= 0.6 is 0 Å². The first-order valence-corrected chi connectivity index (χ1v) is 5.77. The molecule has 1 aromatic heterocycles. The van der Waals surface area contributed by atoms with Gasteiger partial charge in [-0.25, -0.2) is 0 Å². The topological polar surface area (TPSA) is 39.1 Å². The van der Waals surface area contributed by atoms with Gasteiger partial charge in [0.1, 0.15) is 6.61 Å². The van der Waals surface area contributed by atoms with Gasteiger partial charge in [-0.1, -0.05) is 6.92 Å². The first-order chi connectivity index (χ1) is 7.38. The van der Waals surface area contributed by atoms with Gasteiger partial charge < -0.3 is 10.1 Å². The zero-order valence-corrected chi connectivity index (χ0v) is 9.28. The van der Waals surface area contributed by atoms with E-state index in [1.807, 2.05) is 10.9 Å². The van der Waals surface area contributed by atoms with Crippen LogP contribution in [-0.4, -0.2) is 29.0 Å². The summed E-state index contributed by atoms with van der Waals surface area (Å²) in [6.07, 6.45) is 7.50. The van der Waals surface area contributed by atoms with Crippen molar-refractivity contribution < 1.29 is 4.74 Å². The van der Waals surface area contributed by atoms with Crippen molar-refractivity contribution in [1.29, 1.82) is 0 Å². The van der Waals surface area contributed by atoms with Crippen LogP contribution in [0.1, 0.15) is 26.2 Å². The van der Waals surface area contributed by atoms with Gasteiger partial charge in [0, 0.05) is 19.1 Å². The van der Waals surface area contributed by atoms with E-state index in [1.54, 1.807) is 6.20 Å². The maximum atomic E-state index is 5.57. The van der Waals surface area contributed by atoms with E-state index in [9.17, 15) is 0 Å². The van der Waals surface area contributed by atoms with E-state index < -0.39 is 0 Å². The number of ether oxygens (including phenoxy) is 1. The molecule has 0 aromatic carbocycles. The van der Waals surface area contributed by atoms with E-state index in [-0.39, 0.29) is 0 Å². The quantitative estimate of drug-likeness (QED) is 0.690. The van der Waals surface area contributed by atoms with Gasteiger partial charge >= 0.3 is 0 Å². The van der Waals surface area contributed by atoms with E-state index in [1.165, 1.54) is 12.8 Å². The average molecular weight is 209 g/mol. The molecule has 1 fully saturated rings. The van der Waals surface area contributed by atoms with E-state index in [0.717, 1.165) is 37.9 Å². The lowest BCUT2D eigenvalue weighted by molar-refractivity contribution is 0.313. The fourth-order valence-electron chi connectivity index (χ4n) is 1.49. The Labute approximate surface area is 90.6 Å². The summed E-state index contributed by atoms with van der Waals surface area (Å²) in [5.74, 6) is 0.876. The summed E-state index contributed by atoms with van der Waals surface area (Å²) in [6, 6.07) is 0.761. The molecule has 1 aliphatic rings. The fraction of sp³-hybridized carbons (Fsp3) is 0.727. The summed E-state index contributed by atoms with van der Waals surface area (Å²) in [5, 5.41) is 7.61. The zero-order valence-electron chi connectivity index (χ0n) is 9.28. The van der Waals surface area contributed by atoms with Crippen LogP contribution in [-0.2, 0) is 6.54 Å². The van der Waals surface area contributed by atoms with Gasteiger partial charge in [0.25, 0.3) is 0 Å². The van der Waals surface area contributed by atoms with Crippen LogP contribution in [0.3, 0.4) is 0 Å². The van der Waals surface area contributed by atoms with Crippen molar-refractivity contribution >= 4 is 0 Å². The Morgan fingerprint density at radius 1 is 1.60 bits per heavy atom. The minimum absolute atomic E-state index is 0.730. The van der Waals surface area contributed by atoms with E-state index in [0.29, 0.717) is 0 Å². The van der Waals surface area contributed by atoms with E-state index in [2.05, 4.69) is 17.3 Å². The third kappa shape index (κ3) is 3.55. The molecular formula is C11H19N3O. The number of nitrogens with one attached hydrogen (secondary N) is 1. The van der Waals surface area contributed by atoms with Crippen molar-refractivity contribution in [2.24, 2.45) is 0 Å². The second-order valence-corrected chi connectivity index (χ2v) is 4.02. The summed E-state index contributed by atoms with van der Waals surface area (Å²) in [7, 11) is 0. The monoisotopic (exact) mass is 209 g/mol. The maximum absolute atomic E-state index is 5.57. The number of nitrogens with zero attached hydrogens (tertiary/aromatic N) is 2. The fourth-order valence-corrected chi connectivity index (χ4v) is 1.49. The van der Waals surface area contributed by atoms with Crippen molar-refractivity contribution in [1.82, 2.24) is 15.1 Å². The van der Waals surface area contributed by atoms with Gasteiger partial charge in [0.15, 0.2) is 5.75 Å². The van der Waals surface area contributed by atoms with Gasteiger partial charge in [-0.05, 0) is 19.3 Å². The predicted molar refractivity (Wildman–Crippen MR) is 59.0 cm³/mol. The molecule has 4 heteroatoms. The number of aromatic nitrogens is 2. The van der Waals surface area contributed by atoms with Crippen LogP contribution in [0.4, 0.5) is 0 Å². The van der Waals surface area contributed by atoms with Crippen LogP contribution in [0, 0.1) is 0 Å². The third-order valence-corrected chi connectivity index (χ3v) is 2.44. The Morgan fingerprint density at radius 2 is 2.47 bits per heavy atom. The van der Waals surface area contributed by atoms with Gasteiger partial charge in [-0.2, -0.15) is 5.10 Å². The molecule has 0 bridgehead atoms. The molecule has 84 valence electrons. The lowest BCUT2D eigenvalue weighted by Crippen LogP contribution is -2.22. The molecule has 1 saturated carbocycles. The molecule has 0 amide bonds. The molecule has 4 nitrogen and oxygen atoms in total. The normalized spacial score (nSPS) is 15.5. The summed E-state index contributed by atoms with van der Waals surface area (Å²) >= 11 is 0. The molecule has 1 N–H and O–H groups in total. The maximum Gasteiger partial charge on any atom is 0.157 e. The van der Waals surface area contributed by atoms with Crippen molar-refractivity contribution in [3.63, 3.8) is 0 Å². The Morgan fingerprint density at radius 3 is 3.20 bits per heavy atom. The molecule has 0 radical (unpaired) electrons. The second kappa shape index (κ2) is 5.16. The lowest BCUT2D eigenvalue weighted by Gasteiger charge is -2.03. The number of rotatable bonds is 7. The van der Waals surface area contributed by atoms with Crippen molar-refractivity contribution in [3.8, 4) is 5.75 Å². The largest absolute Gasteiger partial charge is 0.489 e. The van der Waals surface area contributed by atoms with Crippen LogP contribution in [0.25, 0.3) is 0 Å². The highest BCUT2D eigenvalue weighted by Gasteiger charge is 2.19. The SMILES string of the molecule is CCCn1cc(OCCNC2CC2)cn1. The highest BCUT2D eigenvalue weighted by Crippen LogP contribution is 2.18. The smallest absolute Gasteiger partial charge is 0.157 e. The lowest BCUT2D eigenvalue weighted by atomic mass is 10.5. The summed E-state index contributed by atoms with van der Waals surface area (Å²) in [4.78, 5) is 0.